The third kappa shape index (κ3) is 9.18. The van der Waals surface area contributed by atoms with Crippen molar-refractivity contribution in [2.24, 2.45) is 0 Å². The van der Waals surface area contributed by atoms with Gasteiger partial charge < -0.3 is 10.2 Å². The molecule has 0 aromatic heterocycles. The molecule has 264 valence electrons. The Bertz CT molecular complexity index is 1890. The van der Waals surface area contributed by atoms with Crippen LogP contribution in [0.25, 0.3) is 0 Å². The number of carbonyl (C=O) groups excluding carboxylic acids is 2. The summed E-state index contributed by atoms with van der Waals surface area (Å²) in [5.41, 5.74) is -0.467. The highest BCUT2D eigenvalue weighted by molar-refractivity contribution is 7.92. The predicted molar refractivity (Wildman–Crippen MR) is 188 cm³/mol. The molecule has 2 amide bonds. The number of carbonyl (C=O) groups is 2. The van der Waals surface area contributed by atoms with Gasteiger partial charge in [-0.2, -0.15) is 13.2 Å². The van der Waals surface area contributed by atoms with Crippen LogP contribution in [0.2, 0.25) is 10.0 Å². The van der Waals surface area contributed by atoms with Crippen LogP contribution in [0.15, 0.2) is 108 Å². The Balaban J connectivity index is 1.62. The minimum Gasteiger partial charge on any atom is -0.352 e. The highest BCUT2D eigenvalue weighted by Crippen LogP contribution is 2.37. The SMILES string of the molecule is O=C(NC1CCCCC1)[C@H](Cc1ccccc1)N(Cc1ccccc1Cl)C(=O)CN(c1cc(C(F)(F)F)ccc1Cl)S(=O)(=O)c1ccccc1. The van der Waals surface area contributed by atoms with Crippen molar-refractivity contribution in [2.75, 3.05) is 10.8 Å². The highest BCUT2D eigenvalue weighted by atomic mass is 35.5. The van der Waals surface area contributed by atoms with Gasteiger partial charge in [0, 0.05) is 24.0 Å². The molecule has 5 rings (SSSR count). The number of alkyl halides is 3. The topological polar surface area (TPSA) is 86.8 Å². The second-order valence-electron chi connectivity index (χ2n) is 12.2. The average molecular weight is 747 g/mol. The molecule has 0 spiro atoms. The first-order valence-corrected chi connectivity index (χ1v) is 18.4. The summed E-state index contributed by atoms with van der Waals surface area (Å²) in [5.74, 6) is -1.28. The van der Waals surface area contributed by atoms with Crippen LogP contribution < -0.4 is 9.62 Å². The van der Waals surface area contributed by atoms with E-state index in [2.05, 4.69) is 5.32 Å². The van der Waals surface area contributed by atoms with Crippen molar-refractivity contribution in [2.45, 2.75) is 68.2 Å². The number of rotatable bonds is 12. The number of nitrogens with one attached hydrogen (secondary N) is 1. The fourth-order valence-electron chi connectivity index (χ4n) is 6.02. The number of anilines is 1. The zero-order chi connectivity index (χ0) is 35.9. The Kier molecular flexibility index (Phi) is 12.1. The molecule has 1 fully saturated rings. The predicted octanol–water partition coefficient (Wildman–Crippen LogP) is 8.30. The molecule has 0 radical (unpaired) electrons. The van der Waals surface area contributed by atoms with Crippen LogP contribution in [0.5, 0.6) is 0 Å². The van der Waals surface area contributed by atoms with Crippen molar-refractivity contribution >= 4 is 50.7 Å². The summed E-state index contributed by atoms with van der Waals surface area (Å²) >= 11 is 12.9. The van der Waals surface area contributed by atoms with Gasteiger partial charge in [-0.05, 0) is 60.4 Å². The van der Waals surface area contributed by atoms with Gasteiger partial charge >= 0.3 is 6.18 Å². The normalized spacial score (nSPS) is 14.5. The molecular weight excluding hydrogens is 710 g/mol. The molecule has 1 saturated carbocycles. The zero-order valence-electron chi connectivity index (χ0n) is 27.0. The van der Waals surface area contributed by atoms with Crippen LogP contribution in [0.4, 0.5) is 18.9 Å². The standard InChI is InChI=1S/C37H36Cl2F3N3O4S/c38-31-19-11-10-14-27(31)24-44(34(22-26-12-4-1-5-13-26)36(47)43-29-15-6-2-7-16-29)35(46)25-45(50(48,49)30-17-8-3-9-18-30)33-23-28(37(40,41)42)20-21-32(33)39/h1,3-5,8-14,17-21,23,29,34H,2,6-7,15-16,22,24-25H2,(H,43,47)/t34-/m0/s1. The zero-order valence-corrected chi connectivity index (χ0v) is 29.3. The smallest absolute Gasteiger partial charge is 0.352 e. The quantitative estimate of drug-likeness (QED) is 0.158. The molecule has 1 N–H and O–H groups in total. The van der Waals surface area contributed by atoms with Crippen molar-refractivity contribution in [3.8, 4) is 0 Å². The molecule has 1 aliphatic carbocycles. The van der Waals surface area contributed by atoms with Gasteiger partial charge in [0.25, 0.3) is 10.0 Å². The minimum atomic E-state index is -4.83. The van der Waals surface area contributed by atoms with Gasteiger partial charge in [-0.15, -0.1) is 0 Å². The summed E-state index contributed by atoms with van der Waals surface area (Å²) < 4.78 is 70.7. The lowest BCUT2D eigenvalue weighted by atomic mass is 9.94. The Hall–Kier alpha value is -4.06. The molecule has 7 nitrogen and oxygen atoms in total. The molecule has 1 aliphatic rings. The van der Waals surface area contributed by atoms with E-state index < -0.39 is 51.9 Å². The van der Waals surface area contributed by atoms with Gasteiger partial charge in [0.2, 0.25) is 11.8 Å². The molecule has 13 heteroatoms. The largest absolute Gasteiger partial charge is 0.416 e. The highest BCUT2D eigenvalue weighted by Gasteiger charge is 2.38. The summed E-state index contributed by atoms with van der Waals surface area (Å²) in [6, 6.07) is 23.8. The van der Waals surface area contributed by atoms with E-state index in [0.29, 0.717) is 21.0 Å². The first-order valence-electron chi connectivity index (χ1n) is 16.2. The van der Waals surface area contributed by atoms with Crippen LogP contribution in [0, 0.1) is 0 Å². The van der Waals surface area contributed by atoms with E-state index in [1.807, 2.05) is 18.2 Å². The number of benzene rings is 4. The Morgan fingerprint density at radius 2 is 1.44 bits per heavy atom. The van der Waals surface area contributed by atoms with Gasteiger partial charge in [-0.25, -0.2) is 8.42 Å². The Morgan fingerprint density at radius 3 is 2.08 bits per heavy atom. The second-order valence-corrected chi connectivity index (χ2v) is 14.8. The van der Waals surface area contributed by atoms with Crippen LogP contribution >= 0.6 is 23.2 Å². The summed E-state index contributed by atoms with van der Waals surface area (Å²) in [5, 5.41) is 3.10. The minimum absolute atomic E-state index is 0.0747. The molecule has 0 heterocycles. The number of halogens is 5. The monoisotopic (exact) mass is 745 g/mol. The van der Waals surface area contributed by atoms with E-state index in [0.717, 1.165) is 49.8 Å². The molecule has 0 aliphatic heterocycles. The molecule has 0 bridgehead atoms. The lowest BCUT2D eigenvalue weighted by molar-refractivity contribution is -0.140. The maximum atomic E-state index is 14.7. The lowest BCUT2D eigenvalue weighted by Crippen LogP contribution is -2.55. The Labute approximate surface area is 300 Å². The summed E-state index contributed by atoms with van der Waals surface area (Å²) in [4.78, 5) is 29.9. The van der Waals surface area contributed by atoms with E-state index in [1.165, 1.54) is 29.2 Å². The van der Waals surface area contributed by atoms with Gasteiger partial charge in [0.05, 0.1) is 21.2 Å². The van der Waals surface area contributed by atoms with Crippen LogP contribution in [-0.2, 0) is 38.8 Å². The van der Waals surface area contributed by atoms with Crippen LogP contribution in [0.3, 0.4) is 0 Å². The number of amides is 2. The van der Waals surface area contributed by atoms with Crippen molar-refractivity contribution in [3.63, 3.8) is 0 Å². The summed E-state index contributed by atoms with van der Waals surface area (Å²) in [6.07, 6.45) is -0.258. The fourth-order valence-corrected chi connectivity index (χ4v) is 7.93. The third-order valence-electron chi connectivity index (χ3n) is 8.67. The van der Waals surface area contributed by atoms with Crippen LogP contribution in [-0.4, -0.2) is 43.8 Å². The summed E-state index contributed by atoms with van der Waals surface area (Å²) in [7, 11) is -4.67. The van der Waals surface area contributed by atoms with Gasteiger partial charge in [-0.3, -0.25) is 13.9 Å². The van der Waals surface area contributed by atoms with E-state index in [1.54, 1.807) is 42.5 Å². The van der Waals surface area contributed by atoms with Crippen molar-refractivity contribution < 1.29 is 31.2 Å². The van der Waals surface area contributed by atoms with Gasteiger partial charge in [-0.1, -0.05) is 109 Å². The third-order valence-corrected chi connectivity index (χ3v) is 11.1. The number of nitrogens with zero attached hydrogens (tertiary/aromatic N) is 2. The van der Waals surface area contributed by atoms with Gasteiger partial charge in [0.15, 0.2) is 0 Å². The lowest BCUT2D eigenvalue weighted by Gasteiger charge is -2.35. The van der Waals surface area contributed by atoms with E-state index in [4.69, 9.17) is 23.2 Å². The first-order chi connectivity index (χ1) is 23.8. The van der Waals surface area contributed by atoms with Crippen molar-refractivity contribution in [1.29, 1.82) is 0 Å². The number of hydrogen-bond acceptors (Lipinski definition) is 4. The van der Waals surface area contributed by atoms with Gasteiger partial charge in [0.1, 0.15) is 12.6 Å². The van der Waals surface area contributed by atoms with E-state index in [-0.39, 0.29) is 28.9 Å². The second kappa shape index (κ2) is 16.3. The first kappa shape index (κ1) is 37.2. The molecule has 0 saturated heterocycles. The maximum absolute atomic E-state index is 14.7. The molecule has 50 heavy (non-hydrogen) atoms. The van der Waals surface area contributed by atoms with E-state index in [9.17, 15) is 31.2 Å². The molecule has 0 unspecified atom stereocenters. The molecule has 4 aromatic rings. The number of hydrogen-bond donors (Lipinski definition) is 1. The van der Waals surface area contributed by atoms with Crippen molar-refractivity contribution in [1.82, 2.24) is 10.2 Å². The van der Waals surface area contributed by atoms with E-state index >= 15 is 0 Å². The number of sulfonamides is 1. The van der Waals surface area contributed by atoms with Crippen molar-refractivity contribution in [3.05, 3.63) is 130 Å². The Morgan fingerprint density at radius 1 is 0.820 bits per heavy atom. The average Bonchev–Trinajstić information content (AvgIpc) is 3.10. The van der Waals surface area contributed by atoms with Crippen LogP contribution in [0.1, 0.15) is 48.8 Å². The molecular formula is C37H36Cl2F3N3O4S. The maximum Gasteiger partial charge on any atom is 0.416 e. The summed E-state index contributed by atoms with van der Waals surface area (Å²) in [6.45, 7) is -1.16. The molecule has 4 aromatic carbocycles. The fraction of sp³-hybridized carbons (Fsp3) is 0.297. The molecule has 1 atom stereocenters.